The number of nitrogens with one attached hydrogen (secondary N) is 1. The Kier molecular flexibility index (Phi) is 6.89. The highest BCUT2D eigenvalue weighted by Crippen LogP contribution is 2.27. The van der Waals surface area contributed by atoms with E-state index in [4.69, 9.17) is 0 Å². The molecule has 2 rings (SSSR count). The summed E-state index contributed by atoms with van der Waals surface area (Å²) < 4.78 is 0. The second-order valence-electron chi connectivity index (χ2n) is 3.40. The minimum absolute atomic E-state index is 0. The Bertz CT molecular complexity index is 237. The number of pyridine rings is 1. The molecule has 0 amide bonds. The van der Waals surface area contributed by atoms with Gasteiger partial charge in [0.15, 0.2) is 0 Å². The average molecular weight is 235 g/mol. The van der Waals surface area contributed by atoms with E-state index in [1.807, 2.05) is 18.3 Å². The monoisotopic (exact) mass is 234 g/mol. The lowest BCUT2D eigenvalue weighted by Gasteiger charge is -2.01. The van der Waals surface area contributed by atoms with Crippen LogP contribution in [0, 0.1) is 5.92 Å². The van der Waals surface area contributed by atoms with E-state index in [9.17, 15) is 0 Å². The molecule has 0 aliphatic heterocycles. The molecule has 80 valence electrons. The number of rotatable bonds is 4. The van der Waals surface area contributed by atoms with Crippen molar-refractivity contribution in [1.29, 1.82) is 0 Å². The van der Waals surface area contributed by atoms with Gasteiger partial charge in [0.25, 0.3) is 0 Å². The maximum Gasteiger partial charge on any atom is 0.0541 e. The van der Waals surface area contributed by atoms with Crippen molar-refractivity contribution in [3.63, 3.8) is 0 Å². The van der Waals surface area contributed by atoms with Gasteiger partial charge in [0, 0.05) is 12.7 Å². The smallest absolute Gasteiger partial charge is 0.0541 e. The largest absolute Gasteiger partial charge is 0.311 e. The van der Waals surface area contributed by atoms with Crippen LogP contribution < -0.4 is 5.32 Å². The fourth-order valence-corrected chi connectivity index (χ4v) is 1.23. The molecule has 1 aliphatic carbocycles. The molecule has 1 saturated carbocycles. The average Bonchev–Trinajstić information content (AvgIpc) is 2.90. The molecule has 0 unspecified atom stereocenters. The van der Waals surface area contributed by atoms with Crippen molar-refractivity contribution < 1.29 is 0 Å². The van der Waals surface area contributed by atoms with Gasteiger partial charge in [0.05, 0.1) is 5.69 Å². The van der Waals surface area contributed by atoms with Crippen LogP contribution in [0.1, 0.15) is 18.5 Å². The van der Waals surface area contributed by atoms with E-state index in [0.29, 0.717) is 0 Å². The highest BCUT2D eigenvalue weighted by molar-refractivity contribution is 5.85. The van der Waals surface area contributed by atoms with E-state index < -0.39 is 0 Å². The molecule has 0 bridgehead atoms. The quantitative estimate of drug-likeness (QED) is 0.866. The SMILES string of the molecule is Cl.Cl.c1ccc(CNCC2CC2)nc1. The molecule has 1 aliphatic rings. The lowest BCUT2D eigenvalue weighted by molar-refractivity contribution is 0.630. The number of nitrogens with zero attached hydrogens (tertiary/aromatic N) is 1. The van der Waals surface area contributed by atoms with E-state index in [1.54, 1.807) is 0 Å². The van der Waals surface area contributed by atoms with Crippen molar-refractivity contribution in [1.82, 2.24) is 10.3 Å². The highest BCUT2D eigenvalue weighted by atomic mass is 35.5. The van der Waals surface area contributed by atoms with Gasteiger partial charge in [0.2, 0.25) is 0 Å². The number of aromatic nitrogens is 1. The van der Waals surface area contributed by atoms with E-state index in [1.165, 1.54) is 12.8 Å². The fourth-order valence-electron chi connectivity index (χ4n) is 1.23. The third-order valence-corrected chi connectivity index (χ3v) is 2.16. The molecule has 0 aromatic carbocycles. The maximum absolute atomic E-state index is 4.23. The van der Waals surface area contributed by atoms with Crippen molar-refractivity contribution >= 4 is 24.8 Å². The van der Waals surface area contributed by atoms with Crippen molar-refractivity contribution in [2.75, 3.05) is 6.54 Å². The molecule has 0 spiro atoms. The van der Waals surface area contributed by atoms with Gasteiger partial charge in [-0.2, -0.15) is 0 Å². The van der Waals surface area contributed by atoms with Gasteiger partial charge < -0.3 is 5.32 Å². The first kappa shape index (κ1) is 13.7. The lowest BCUT2D eigenvalue weighted by Crippen LogP contribution is -2.16. The molecular weight excluding hydrogens is 219 g/mol. The first-order chi connectivity index (χ1) is 5.95. The number of hydrogen-bond donors (Lipinski definition) is 1. The van der Waals surface area contributed by atoms with Gasteiger partial charge in [-0.15, -0.1) is 24.8 Å². The summed E-state index contributed by atoms with van der Waals surface area (Å²) in [6, 6.07) is 6.03. The molecule has 4 heteroatoms. The molecule has 1 aromatic heterocycles. The zero-order valence-electron chi connectivity index (χ0n) is 7.98. The van der Waals surface area contributed by atoms with Crippen LogP contribution >= 0.6 is 24.8 Å². The van der Waals surface area contributed by atoms with Gasteiger partial charge in [-0.05, 0) is 37.4 Å². The molecule has 2 nitrogen and oxygen atoms in total. The molecule has 0 saturated heterocycles. The van der Waals surface area contributed by atoms with E-state index >= 15 is 0 Å². The Balaban J connectivity index is 0.000000845. The second-order valence-corrected chi connectivity index (χ2v) is 3.40. The van der Waals surface area contributed by atoms with Crippen LogP contribution in [0.4, 0.5) is 0 Å². The van der Waals surface area contributed by atoms with Crippen LogP contribution in [0.15, 0.2) is 24.4 Å². The first-order valence-corrected chi connectivity index (χ1v) is 4.56. The molecular formula is C10H16Cl2N2. The third-order valence-electron chi connectivity index (χ3n) is 2.16. The maximum atomic E-state index is 4.23. The van der Waals surface area contributed by atoms with Crippen LogP contribution in [0.3, 0.4) is 0 Å². The lowest BCUT2D eigenvalue weighted by atomic mass is 10.3. The van der Waals surface area contributed by atoms with E-state index in [-0.39, 0.29) is 24.8 Å². The van der Waals surface area contributed by atoms with Crippen LogP contribution in [0.5, 0.6) is 0 Å². The van der Waals surface area contributed by atoms with E-state index in [2.05, 4.69) is 16.4 Å². The van der Waals surface area contributed by atoms with E-state index in [0.717, 1.165) is 24.7 Å². The molecule has 14 heavy (non-hydrogen) atoms. The summed E-state index contributed by atoms with van der Waals surface area (Å²) in [4.78, 5) is 4.23. The van der Waals surface area contributed by atoms with Crippen molar-refractivity contribution in [2.45, 2.75) is 19.4 Å². The van der Waals surface area contributed by atoms with Gasteiger partial charge >= 0.3 is 0 Å². The normalized spacial score (nSPS) is 14.0. The van der Waals surface area contributed by atoms with Crippen molar-refractivity contribution in [3.8, 4) is 0 Å². The zero-order chi connectivity index (χ0) is 8.23. The molecule has 1 fully saturated rings. The molecule has 1 N–H and O–H groups in total. The molecule has 0 radical (unpaired) electrons. The summed E-state index contributed by atoms with van der Waals surface area (Å²) in [5.74, 6) is 0.953. The van der Waals surface area contributed by atoms with Gasteiger partial charge in [0.1, 0.15) is 0 Å². The van der Waals surface area contributed by atoms with Crippen molar-refractivity contribution in [3.05, 3.63) is 30.1 Å². The Morgan fingerprint density at radius 2 is 2.07 bits per heavy atom. The molecule has 1 aromatic rings. The first-order valence-electron chi connectivity index (χ1n) is 4.56. The predicted octanol–water partition coefficient (Wildman–Crippen LogP) is 2.42. The summed E-state index contributed by atoms with van der Waals surface area (Å²) >= 11 is 0. The standard InChI is InChI=1S/C10H14N2.2ClH/c1-2-6-12-10(3-1)8-11-7-9-4-5-9;;/h1-3,6,9,11H,4-5,7-8H2;2*1H. The Hall–Kier alpha value is -0.310. The Morgan fingerprint density at radius 3 is 2.64 bits per heavy atom. The summed E-state index contributed by atoms with van der Waals surface area (Å²) in [5, 5.41) is 3.40. The summed E-state index contributed by atoms with van der Waals surface area (Å²) in [6.07, 6.45) is 4.67. The minimum atomic E-state index is 0. The number of hydrogen-bond acceptors (Lipinski definition) is 2. The molecule has 0 atom stereocenters. The fraction of sp³-hybridized carbons (Fsp3) is 0.500. The predicted molar refractivity (Wildman–Crippen MR) is 63.2 cm³/mol. The van der Waals surface area contributed by atoms with Crippen LogP contribution in [0.25, 0.3) is 0 Å². The third kappa shape index (κ3) is 4.80. The summed E-state index contributed by atoms with van der Waals surface area (Å²) in [6.45, 7) is 2.08. The van der Waals surface area contributed by atoms with Crippen LogP contribution in [-0.4, -0.2) is 11.5 Å². The topological polar surface area (TPSA) is 24.9 Å². The summed E-state index contributed by atoms with van der Waals surface area (Å²) in [7, 11) is 0. The highest BCUT2D eigenvalue weighted by Gasteiger charge is 2.19. The Labute approximate surface area is 97.3 Å². The van der Waals surface area contributed by atoms with Crippen LogP contribution in [0.2, 0.25) is 0 Å². The molecule has 1 heterocycles. The van der Waals surface area contributed by atoms with Crippen LogP contribution in [-0.2, 0) is 6.54 Å². The Morgan fingerprint density at radius 1 is 1.29 bits per heavy atom. The number of halogens is 2. The van der Waals surface area contributed by atoms with Gasteiger partial charge in [-0.1, -0.05) is 6.07 Å². The minimum Gasteiger partial charge on any atom is -0.311 e. The zero-order valence-corrected chi connectivity index (χ0v) is 9.61. The van der Waals surface area contributed by atoms with Gasteiger partial charge in [-0.25, -0.2) is 0 Å². The van der Waals surface area contributed by atoms with Crippen molar-refractivity contribution in [2.24, 2.45) is 5.92 Å². The second kappa shape index (κ2) is 7.04. The summed E-state index contributed by atoms with van der Waals surface area (Å²) in [5.41, 5.74) is 1.14. The van der Waals surface area contributed by atoms with Gasteiger partial charge in [-0.3, -0.25) is 4.98 Å².